The average Bonchev–Trinajstić information content (AvgIpc) is 2.50. The van der Waals surface area contributed by atoms with Crippen LogP contribution < -0.4 is 10.1 Å². The first-order valence-electron chi connectivity index (χ1n) is 7.24. The second-order valence-corrected chi connectivity index (χ2v) is 7.49. The summed E-state index contributed by atoms with van der Waals surface area (Å²) in [6.45, 7) is 1.41. The minimum Gasteiger partial charge on any atom is -0.491 e. The molecule has 1 amide bonds. The zero-order chi connectivity index (χ0) is 17.7. The van der Waals surface area contributed by atoms with Crippen LogP contribution in [-0.4, -0.2) is 43.3 Å². The van der Waals surface area contributed by atoms with Gasteiger partial charge in [-0.15, -0.1) is 0 Å². The van der Waals surface area contributed by atoms with Gasteiger partial charge in [0.2, 0.25) is 0 Å². The number of hydrogen-bond donors (Lipinski definition) is 2. The Hall–Kier alpha value is -1.32. The first-order chi connectivity index (χ1) is 11.4. The SMILES string of the molecule is CN(C)CCOc1cc(-c2cc(Br)ccc2NC(=O)O)ccc1I. The van der Waals surface area contributed by atoms with Crippen molar-refractivity contribution in [2.75, 3.05) is 32.6 Å². The molecule has 0 aliphatic rings. The lowest BCUT2D eigenvalue weighted by molar-refractivity contribution is 0.210. The maximum Gasteiger partial charge on any atom is 0.409 e. The van der Waals surface area contributed by atoms with Gasteiger partial charge < -0.3 is 14.7 Å². The first-order valence-corrected chi connectivity index (χ1v) is 9.11. The van der Waals surface area contributed by atoms with Crippen LogP contribution in [0.4, 0.5) is 10.5 Å². The molecule has 0 saturated heterocycles. The molecule has 128 valence electrons. The molecule has 24 heavy (non-hydrogen) atoms. The van der Waals surface area contributed by atoms with Gasteiger partial charge >= 0.3 is 6.09 Å². The summed E-state index contributed by atoms with van der Waals surface area (Å²) >= 11 is 5.67. The van der Waals surface area contributed by atoms with Gasteiger partial charge in [0.25, 0.3) is 0 Å². The summed E-state index contributed by atoms with van der Waals surface area (Å²) in [6.07, 6.45) is -1.09. The van der Waals surface area contributed by atoms with Crippen molar-refractivity contribution < 1.29 is 14.6 Å². The lowest BCUT2D eigenvalue weighted by Crippen LogP contribution is -2.19. The summed E-state index contributed by atoms with van der Waals surface area (Å²) in [4.78, 5) is 13.1. The Balaban J connectivity index is 2.35. The maximum atomic E-state index is 11.0. The highest BCUT2D eigenvalue weighted by Gasteiger charge is 2.11. The molecule has 2 aromatic carbocycles. The Bertz CT molecular complexity index is 738. The fourth-order valence-corrected chi connectivity index (χ4v) is 2.95. The van der Waals surface area contributed by atoms with Gasteiger partial charge in [-0.3, -0.25) is 5.32 Å². The van der Waals surface area contributed by atoms with Crippen molar-refractivity contribution in [3.8, 4) is 16.9 Å². The summed E-state index contributed by atoms with van der Waals surface area (Å²) in [5.74, 6) is 0.788. The van der Waals surface area contributed by atoms with Crippen LogP contribution in [0, 0.1) is 3.57 Å². The van der Waals surface area contributed by atoms with Crippen molar-refractivity contribution in [1.29, 1.82) is 0 Å². The molecular formula is C17H18BrIN2O3. The molecule has 0 aliphatic heterocycles. The van der Waals surface area contributed by atoms with E-state index in [-0.39, 0.29) is 0 Å². The van der Waals surface area contributed by atoms with E-state index in [0.717, 1.165) is 31.5 Å². The Labute approximate surface area is 163 Å². The molecule has 0 aromatic heterocycles. The van der Waals surface area contributed by atoms with Crippen LogP contribution in [-0.2, 0) is 0 Å². The summed E-state index contributed by atoms with van der Waals surface area (Å²) in [5.41, 5.74) is 2.21. The van der Waals surface area contributed by atoms with Gasteiger partial charge in [-0.25, -0.2) is 4.79 Å². The van der Waals surface area contributed by atoms with Gasteiger partial charge in [0.15, 0.2) is 0 Å². The number of halogens is 2. The predicted octanol–water partition coefficient (Wildman–Crippen LogP) is 4.75. The first kappa shape index (κ1) is 19.0. The van der Waals surface area contributed by atoms with Crippen molar-refractivity contribution in [1.82, 2.24) is 4.90 Å². The quantitative estimate of drug-likeness (QED) is 0.557. The molecule has 0 saturated carbocycles. The standard InChI is InChI=1S/C17H18BrIN2O3/c1-21(2)7-8-24-16-9-11(3-5-14(16)19)13-10-12(18)4-6-15(13)20-17(22)23/h3-6,9-10,20H,7-8H2,1-2H3,(H,22,23). The van der Waals surface area contributed by atoms with Gasteiger partial charge in [-0.05, 0) is 72.6 Å². The van der Waals surface area contributed by atoms with E-state index in [2.05, 4.69) is 48.7 Å². The Kier molecular flexibility index (Phi) is 6.88. The molecule has 0 bridgehead atoms. The number of carboxylic acid groups (broad SMARTS) is 1. The van der Waals surface area contributed by atoms with Crippen molar-refractivity contribution in [2.45, 2.75) is 0 Å². The Morgan fingerprint density at radius 2 is 2.04 bits per heavy atom. The molecule has 0 fully saturated rings. The van der Waals surface area contributed by atoms with Crippen molar-refractivity contribution >= 4 is 50.3 Å². The monoisotopic (exact) mass is 504 g/mol. The van der Waals surface area contributed by atoms with E-state index in [1.807, 2.05) is 38.4 Å². The fraction of sp³-hybridized carbons (Fsp3) is 0.235. The van der Waals surface area contributed by atoms with Crippen LogP contribution in [0.25, 0.3) is 11.1 Å². The minimum absolute atomic E-state index is 0.533. The summed E-state index contributed by atoms with van der Waals surface area (Å²) in [6, 6.07) is 11.3. The van der Waals surface area contributed by atoms with E-state index < -0.39 is 6.09 Å². The van der Waals surface area contributed by atoms with Gasteiger partial charge in [0.05, 0.1) is 9.26 Å². The fourth-order valence-electron chi connectivity index (χ4n) is 2.10. The number of anilines is 1. The number of carbonyl (C=O) groups is 1. The minimum atomic E-state index is -1.09. The third kappa shape index (κ3) is 5.35. The molecule has 0 heterocycles. The third-order valence-corrected chi connectivity index (χ3v) is 4.65. The molecule has 0 radical (unpaired) electrons. The summed E-state index contributed by atoms with van der Waals surface area (Å²) < 4.78 is 7.75. The van der Waals surface area contributed by atoms with Crippen LogP contribution in [0.1, 0.15) is 0 Å². The molecule has 7 heteroatoms. The molecule has 0 atom stereocenters. The molecule has 0 spiro atoms. The topological polar surface area (TPSA) is 61.8 Å². The number of likely N-dealkylation sites (N-methyl/N-ethyl adjacent to an activating group) is 1. The lowest BCUT2D eigenvalue weighted by atomic mass is 10.0. The van der Waals surface area contributed by atoms with Gasteiger partial charge in [-0.2, -0.15) is 0 Å². The second kappa shape index (κ2) is 8.68. The van der Waals surface area contributed by atoms with Gasteiger partial charge in [0.1, 0.15) is 12.4 Å². The van der Waals surface area contributed by atoms with Crippen LogP contribution in [0.3, 0.4) is 0 Å². The van der Waals surface area contributed by atoms with E-state index in [1.54, 1.807) is 12.1 Å². The molecule has 0 unspecified atom stereocenters. The van der Waals surface area contributed by atoms with E-state index in [1.165, 1.54) is 0 Å². The molecule has 0 aliphatic carbocycles. The Morgan fingerprint density at radius 1 is 1.29 bits per heavy atom. The number of benzene rings is 2. The van der Waals surface area contributed by atoms with Crippen molar-refractivity contribution in [2.24, 2.45) is 0 Å². The zero-order valence-electron chi connectivity index (χ0n) is 13.3. The van der Waals surface area contributed by atoms with Crippen LogP contribution in [0.2, 0.25) is 0 Å². The van der Waals surface area contributed by atoms with Crippen LogP contribution in [0.15, 0.2) is 40.9 Å². The summed E-state index contributed by atoms with van der Waals surface area (Å²) in [7, 11) is 3.99. The van der Waals surface area contributed by atoms with E-state index >= 15 is 0 Å². The highest BCUT2D eigenvalue weighted by atomic mass is 127. The molecule has 5 nitrogen and oxygen atoms in total. The van der Waals surface area contributed by atoms with Crippen LogP contribution >= 0.6 is 38.5 Å². The van der Waals surface area contributed by atoms with E-state index in [9.17, 15) is 4.79 Å². The number of hydrogen-bond acceptors (Lipinski definition) is 3. The number of amides is 1. The normalized spacial score (nSPS) is 10.7. The molecular weight excluding hydrogens is 487 g/mol. The Morgan fingerprint density at radius 3 is 2.71 bits per heavy atom. The largest absolute Gasteiger partial charge is 0.491 e. The lowest BCUT2D eigenvalue weighted by Gasteiger charge is -2.15. The highest BCUT2D eigenvalue weighted by molar-refractivity contribution is 14.1. The number of nitrogens with one attached hydrogen (secondary N) is 1. The third-order valence-electron chi connectivity index (χ3n) is 3.26. The summed E-state index contributed by atoms with van der Waals surface area (Å²) in [5, 5.41) is 11.5. The predicted molar refractivity (Wildman–Crippen MR) is 108 cm³/mol. The number of nitrogens with zero attached hydrogens (tertiary/aromatic N) is 1. The number of ether oxygens (including phenoxy) is 1. The number of rotatable bonds is 6. The smallest absolute Gasteiger partial charge is 0.409 e. The van der Waals surface area contributed by atoms with Crippen molar-refractivity contribution in [3.05, 3.63) is 44.4 Å². The zero-order valence-corrected chi connectivity index (χ0v) is 17.1. The van der Waals surface area contributed by atoms with E-state index in [4.69, 9.17) is 9.84 Å². The molecule has 2 rings (SSSR count). The van der Waals surface area contributed by atoms with Gasteiger partial charge in [-0.1, -0.05) is 22.0 Å². The van der Waals surface area contributed by atoms with Gasteiger partial charge in [0, 0.05) is 16.6 Å². The average molecular weight is 505 g/mol. The van der Waals surface area contributed by atoms with Crippen molar-refractivity contribution in [3.63, 3.8) is 0 Å². The molecule has 2 aromatic rings. The van der Waals surface area contributed by atoms with Crippen LogP contribution in [0.5, 0.6) is 5.75 Å². The highest BCUT2D eigenvalue weighted by Crippen LogP contribution is 2.34. The van der Waals surface area contributed by atoms with E-state index in [0.29, 0.717) is 12.3 Å². The second-order valence-electron chi connectivity index (χ2n) is 5.42. The molecule has 2 N–H and O–H groups in total. The maximum absolute atomic E-state index is 11.0.